The Balaban J connectivity index is 1.45. The van der Waals surface area contributed by atoms with Crippen molar-refractivity contribution in [3.05, 3.63) is 105 Å². The minimum atomic E-state index is -0.786. The van der Waals surface area contributed by atoms with Crippen molar-refractivity contribution in [1.82, 2.24) is 5.32 Å². The first-order valence-electron chi connectivity index (χ1n) is 10.4. The van der Waals surface area contributed by atoms with Crippen molar-refractivity contribution in [2.24, 2.45) is 0 Å². The fraction of sp³-hybridized carbons (Fsp3) is 0.115. The second-order valence-electron chi connectivity index (χ2n) is 7.45. The van der Waals surface area contributed by atoms with Crippen LogP contribution in [0.1, 0.15) is 28.9 Å². The number of fused-ring (bicyclic) bond motifs is 1. The topological polar surface area (TPSA) is 94.8 Å². The molecule has 1 N–H and O–H groups in total. The zero-order valence-electron chi connectivity index (χ0n) is 18.1. The van der Waals surface area contributed by atoms with E-state index in [2.05, 4.69) is 21.2 Å². The highest BCUT2D eigenvalue weighted by molar-refractivity contribution is 9.10. The number of halogens is 1. The lowest BCUT2D eigenvalue weighted by Crippen LogP contribution is -2.30. The van der Waals surface area contributed by atoms with Crippen LogP contribution in [0.3, 0.4) is 0 Å². The third kappa shape index (κ3) is 5.52. The van der Waals surface area contributed by atoms with Crippen LogP contribution < -0.4 is 20.4 Å². The SMILES string of the molecule is CC(NC(=O)c1cc2ccc(OC(=O)COc3ccccc3Br)cc2oc1=O)c1ccccc1. The minimum Gasteiger partial charge on any atom is -0.481 e. The average Bonchev–Trinajstić information content (AvgIpc) is 2.83. The quantitative estimate of drug-likeness (QED) is 0.208. The summed E-state index contributed by atoms with van der Waals surface area (Å²) in [4.78, 5) is 37.3. The van der Waals surface area contributed by atoms with Crippen molar-refractivity contribution in [2.45, 2.75) is 13.0 Å². The van der Waals surface area contributed by atoms with Crippen molar-refractivity contribution in [3.8, 4) is 11.5 Å². The molecule has 0 radical (unpaired) electrons. The number of esters is 1. The van der Waals surface area contributed by atoms with Gasteiger partial charge in [-0.1, -0.05) is 42.5 Å². The van der Waals surface area contributed by atoms with Crippen LogP contribution in [-0.2, 0) is 4.79 Å². The maximum Gasteiger partial charge on any atom is 0.349 e. The number of benzene rings is 3. The van der Waals surface area contributed by atoms with Crippen molar-refractivity contribution >= 4 is 38.8 Å². The number of carbonyl (C=O) groups is 2. The highest BCUT2D eigenvalue weighted by atomic mass is 79.9. The van der Waals surface area contributed by atoms with E-state index in [1.807, 2.05) is 43.3 Å². The van der Waals surface area contributed by atoms with Gasteiger partial charge in [0, 0.05) is 11.5 Å². The summed E-state index contributed by atoms with van der Waals surface area (Å²) < 4.78 is 16.8. The Morgan fingerprint density at radius 3 is 2.50 bits per heavy atom. The number of rotatable bonds is 7. The first kappa shape index (κ1) is 23.3. The molecule has 0 saturated heterocycles. The van der Waals surface area contributed by atoms with Crippen LogP contribution in [0.4, 0.5) is 0 Å². The van der Waals surface area contributed by atoms with E-state index >= 15 is 0 Å². The summed E-state index contributed by atoms with van der Waals surface area (Å²) in [5.41, 5.74) is 0.207. The highest BCUT2D eigenvalue weighted by Gasteiger charge is 2.17. The van der Waals surface area contributed by atoms with Gasteiger partial charge < -0.3 is 19.2 Å². The molecule has 8 heteroatoms. The van der Waals surface area contributed by atoms with E-state index in [4.69, 9.17) is 13.9 Å². The third-order valence-corrected chi connectivity index (χ3v) is 5.67. The molecule has 7 nitrogen and oxygen atoms in total. The van der Waals surface area contributed by atoms with Crippen molar-refractivity contribution < 1.29 is 23.5 Å². The summed E-state index contributed by atoms with van der Waals surface area (Å²) >= 11 is 3.34. The van der Waals surface area contributed by atoms with Crippen LogP contribution in [0, 0.1) is 0 Å². The van der Waals surface area contributed by atoms with Crippen LogP contribution in [0.15, 0.2) is 92.5 Å². The lowest BCUT2D eigenvalue weighted by atomic mass is 10.1. The molecule has 1 unspecified atom stereocenters. The smallest absolute Gasteiger partial charge is 0.349 e. The molecule has 34 heavy (non-hydrogen) atoms. The highest BCUT2D eigenvalue weighted by Crippen LogP contribution is 2.24. The standard InChI is InChI=1S/C26H20BrNO6/c1-16(17-7-3-2-4-8-17)28-25(30)20-13-18-11-12-19(14-23(18)34-26(20)31)33-24(29)15-32-22-10-6-5-9-21(22)27/h2-14,16H,15H2,1H3,(H,28,30). The molecule has 4 aromatic rings. The predicted molar refractivity (Wildman–Crippen MR) is 130 cm³/mol. The normalized spacial score (nSPS) is 11.6. The molecule has 0 aliphatic rings. The van der Waals surface area contributed by atoms with Gasteiger partial charge in [-0.05, 0) is 58.7 Å². The monoisotopic (exact) mass is 521 g/mol. The van der Waals surface area contributed by atoms with Crippen LogP contribution in [0.2, 0.25) is 0 Å². The molecular formula is C26H20BrNO6. The molecule has 0 aliphatic heterocycles. The molecule has 0 spiro atoms. The van der Waals surface area contributed by atoms with Gasteiger partial charge in [-0.15, -0.1) is 0 Å². The first-order chi connectivity index (χ1) is 16.4. The maximum atomic E-state index is 12.7. The first-order valence-corrected chi connectivity index (χ1v) is 11.2. The fourth-order valence-corrected chi connectivity index (χ4v) is 3.67. The van der Waals surface area contributed by atoms with Gasteiger partial charge >= 0.3 is 11.6 Å². The lowest BCUT2D eigenvalue weighted by molar-refractivity contribution is -0.136. The average molecular weight is 522 g/mol. The van der Waals surface area contributed by atoms with Crippen LogP contribution >= 0.6 is 15.9 Å². The summed E-state index contributed by atoms with van der Waals surface area (Å²) in [7, 11) is 0. The number of para-hydroxylation sites is 1. The second kappa shape index (κ2) is 10.4. The summed E-state index contributed by atoms with van der Waals surface area (Å²) in [6.45, 7) is 1.53. The zero-order chi connectivity index (χ0) is 24.1. The Morgan fingerprint density at radius 2 is 1.74 bits per heavy atom. The molecule has 0 saturated carbocycles. The molecule has 1 aromatic heterocycles. The molecule has 1 atom stereocenters. The van der Waals surface area contributed by atoms with E-state index in [-0.39, 0.29) is 29.5 Å². The minimum absolute atomic E-state index is 0.109. The third-order valence-electron chi connectivity index (χ3n) is 5.01. The Morgan fingerprint density at radius 1 is 1.00 bits per heavy atom. The molecule has 1 heterocycles. The van der Waals surface area contributed by atoms with Gasteiger partial charge in [0.1, 0.15) is 22.6 Å². The summed E-state index contributed by atoms with van der Waals surface area (Å²) in [6.07, 6.45) is 0. The van der Waals surface area contributed by atoms with E-state index < -0.39 is 17.5 Å². The van der Waals surface area contributed by atoms with Crippen molar-refractivity contribution in [1.29, 1.82) is 0 Å². The van der Waals surface area contributed by atoms with E-state index in [1.54, 1.807) is 30.3 Å². The molecule has 0 aliphatic carbocycles. The Hall–Kier alpha value is -3.91. The number of carbonyl (C=O) groups excluding carboxylic acids is 2. The molecule has 172 valence electrons. The molecule has 0 bridgehead atoms. The largest absolute Gasteiger partial charge is 0.481 e. The van der Waals surface area contributed by atoms with Gasteiger partial charge in [0.05, 0.1) is 10.5 Å². The van der Waals surface area contributed by atoms with Gasteiger partial charge in [-0.25, -0.2) is 9.59 Å². The Bertz CT molecular complexity index is 1400. The Kier molecular flexibility index (Phi) is 7.08. The van der Waals surface area contributed by atoms with Crippen molar-refractivity contribution in [2.75, 3.05) is 6.61 Å². The number of nitrogens with one attached hydrogen (secondary N) is 1. The number of ether oxygens (including phenoxy) is 2. The summed E-state index contributed by atoms with van der Waals surface area (Å²) in [6, 6.07) is 22.3. The Labute approximate surface area is 203 Å². The molecule has 3 aromatic carbocycles. The van der Waals surface area contributed by atoms with E-state index in [1.165, 1.54) is 12.1 Å². The lowest BCUT2D eigenvalue weighted by Gasteiger charge is -2.14. The molecule has 1 amide bonds. The van der Waals surface area contributed by atoms with Crippen LogP contribution in [-0.4, -0.2) is 18.5 Å². The fourth-order valence-electron chi connectivity index (χ4n) is 3.27. The molecule has 0 fully saturated rings. The summed E-state index contributed by atoms with van der Waals surface area (Å²) in [5.74, 6) is -0.460. The van der Waals surface area contributed by atoms with Gasteiger partial charge in [-0.2, -0.15) is 0 Å². The van der Waals surface area contributed by atoms with Crippen molar-refractivity contribution in [3.63, 3.8) is 0 Å². The molecular weight excluding hydrogens is 502 g/mol. The maximum absolute atomic E-state index is 12.7. The molecule has 4 rings (SSSR count). The van der Waals surface area contributed by atoms with Gasteiger partial charge in [0.15, 0.2) is 6.61 Å². The number of hydrogen-bond donors (Lipinski definition) is 1. The van der Waals surface area contributed by atoms with Crippen LogP contribution in [0.5, 0.6) is 11.5 Å². The van der Waals surface area contributed by atoms with E-state index in [0.717, 1.165) is 5.56 Å². The van der Waals surface area contributed by atoms with Crippen LogP contribution in [0.25, 0.3) is 11.0 Å². The number of hydrogen-bond acceptors (Lipinski definition) is 6. The second-order valence-corrected chi connectivity index (χ2v) is 8.30. The van der Waals surface area contributed by atoms with E-state index in [0.29, 0.717) is 15.6 Å². The van der Waals surface area contributed by atoms with Gasteiger partial charge in [0.25, 0.3) is 5.91 Å². The van der Waals surface area contributed by atoms with Gasteiger partial charge in [0.2, 0.25) is 0 Å². The summed E-state index contributed by atoms with van der Waals surface area (Å²) in [5, 5.41) is 3.32. The number of amides is 1. The van der Waals surface area contributed by atoms with E-state index in [9.17, 15) is 14.4 Å². The zero-order valence-corrected chi connectivity index (χ0v) is 19.7. The van der Waals surface area contributed by atoms with Gasteiger partial charge in [-0.3, -0.25) is 4.79 Å². The predicted octanol–water partition coefficient (Wildman–Crippen LogP) is 5.03.